The quantitative estimate of drug-likeness (QED) is 0.915. The molecule has 1 unspecified atom stereocenters. The largest absolute Gasteiger partial charge is 0.308 e. The topological polar surface area (TPSA) is 15.3 Å². The Morgan fingerprint density at radius 1 is 1.33 bits per heavy atom. The average molecular weight is 330 g/mol. The van der Waals surface area contributed by atoms with Crippen LogP contribution in [0.15, 0.2) is 22.7 Å². The van der Waals surface area contributed by atoms with Gasteiger partial charge in [-0.05, 0) is 55.6 Å². The highest BCUT2D eigenvalue weighted by Crippen LogP contribution is 2.28. The van der Waals surface area contributed by atoms with E-state index in [2.05, 4.69) is 26.1 Å². The molecule has 3 aliphatic rings. The zero-order valence-corrected chi connectivity index (χ0v) is 12.7. The monoisotopic (exact) mass is 328 g/mol. The maximum atomic E-state index is 6.04. The molecule has 0 spiro atoms. The number of hydrogen-bond acceptors (Lipinski definition) is 2. The normalized spacial score (nSPS) is 30.7. The summed E-state index contributed by atoms with van der Waals surface area (Å²) in [6, 6.07) is 6.64. The fraction of sp³-hybridized carbons (Fsp3) is 0.571. The molecule has 3 saturated heterocycles. The third-order valence-corrected chi connectivity index (χ3v) is 5.23. The van der Waals surface area contributed by atoms with Crippen LogP contribution < -0.4 is 5.32 Å². The summed E-state index contributed by atoms with van der Waals surface area (Å²) in [7, 11) is 0. The minimum absolute atomic E-state index is 0.651. The molecule has 2 nitrogen and oxygen atoms in total. The molecule has 1 atom stereocenters. The van der Waals surface area contributed by atoms with Crippen molar-refractivity contribution in [1.82, 2.24) is 10.2 Å². The van der Waals surface area contributed by atoms with Gasteiger partial charge in [0.2, 0.25) is 0 Å². The van der Waals surface area contributed by atoms with Crippen molar-refractivity contribution in [2.24, 2.45) is 5.92 Å². The average Bonchev–Trinajstić information content (AvgIpc) is 2.41. The summed E-state index contributed by atoms with van der Waals surface area (Å²) >= 11 is 9.63. The van der Waals surface area contributed by atoms with Gasteiger partial charge >= 0.3 is 0 Å². The van der Waals surface area contributed by atoms with Gasteiger partial charge in [-0.3, -0.25) is 0 Å². The Labute approximate surface area is 122 Å². The van der Waals surface area contributed by atoms with E-state index in [4.69, 9.17) is 11.6 Å². The van der Waals surface area contributed by atoms with Gasteiger partial charge in [0.05, 0.1) is 0 Å². The number of halogens is 2. The number of nitrogens with zero attached hydrogens (tertiary/aromatic N) is 1. The maximum absolute atomic E-state index is 6.04. The fourth-order valence-electron chi connectivity index (χ4n) is 3.12. The Bertz CT molecular complexity index is 430. The lowest BCUT2D eigenvalue weighted by Gasteiger charge is -2.45. The van der Waals surface area contributed by atoms with Crippen molar-refractivity contribution < 1.29 is 0 Å². The van der Waals surface area contributed by atoms with Gasteiger partial charge in [-0.25, -0.2) is 0 Å². The first-order chi connectivity index (χ1) is 8.72. The van der Waals surface area contributed by atoms with Crippen molar-refractivity contribution in [2.75, 3.05) is 19.6 Å². The molecular weight excluding hydrogens is 312 g/mol. The number of benzene rings is 1. The second-order valence-corrected chi connectivity index (χ2v) is 6.65. The van der Waals surface area contributed by atoms with Crippen LogP contribution in [0.2, 0.25) is 5.02 Å². The van der Waals surface area contributed by atoms with Gasteiger partial charge in [0.1, 0.15) is 0 Å². The lowest BCUT2D eigenvalue weighted by molar-refractivity contribution is 0.0720. The van der Waals surface area contributed by atoms with Gasteiger partial charge in [0.15, 0.2) is 0 Å². The van der Waals surface area contributed by atoms with Crippen LogP contribution in [-0.4, -0.2) is 30.6 Å². The molecule has 4 heteroatoms. The lowest BCUT2D eigenvalue weighted by Crippen LogP contribution is -2.55. The first-order valence-corrected chi connectivity index (χ1v) is 7.79. The van der Waals surface area contributed by atoms with Crippen molar-refractivity contribution in [1.29, 1.82) is 0 Å². The molecule has 0 saturated carbocycles. The van der Waals surface area contributed by atoms with Crippen molar-refractivity contribution in [2.45, 2.75) is 25.4 Å². The minimum Gasteiger partial charge on any atom is -0.308 e. The molecule has 1 aromatic rings. The molecule has 3 heterocycles. The SMILES string of the molecule is Clc1ccc(Br)c(CNC2CN3CCC2CC3)c1. The van der Waals surface area contributed by atoms with Gasteiger partial charge in [-0.15, -0.1) is 0 Å². The Balaban J connectivity index is 1.62. The third-order valence-electron chi connectivity index (χ3n) is 4.22. The summed E-state index contributed by atoms with van der Waals surface area (Å²) in [5.74, 6) is 0.868. The van der Waals surface area contributed by atoms with Gasteiger partial charge < -0.3 is 10.2 Å². The Kier molecular flexibility index (Phi) is 3.94. The summed E-state index contributed by atoms with van der Waals surface area (Å²) < 4.78 is 1.14. The molecule has 0 aliphatic carbocycles. The van der Waals surface area contributed by atoms with Gasteiger partial charge in [0.25, 0.3) is 0 Å². The number of hydrogen-bond donors (Lipinski definition) is 1. The van der Waals surface area contributed by atoms with E-state index in [1.807, 2.05) is 18.2 Å². The van der Waals surface area contributed by atoms with E-state index in [1.165, 1.54) is 38.0 Å². The highest BCUT2D eigenvalue weighted by atomic mass is 79.9. The predicted molar refractivity (Wildman–Crippen MR) is 78.9 cm³/mol. The van der Waals surface area contributed by atoms with Crippen molar-refractivity contribution in [3.63, 3.8) is 0 Å². The van der Waals surface area contributed by atoms with E-state index < -0.39 is 0 Å². The molecule has 0 aromatic heterocycles. The van der Waals surface area contributed by atoms with Gasteiger partial charge in [0, 0.05) is 28.6 Å². The van der Waals surface area contributed by atoms with Crippen LogP contribution in [0.3, 0.4) is 0 Å². The highest BCUT2D eigenvalue weighted by molar-refractivity contribution is 9.10. The van der Waals surface area contributed by atoms with Crippen LogP contribution in [0, 0.1) is 5.92 Å². The second-order valence-electron chi connectivity index (χ2n) is 5.36. The molecule has 2 bridgehead atoms. The summed E-state index contributed by atoms with van der Waals surface area (Å²) in [6.07, 6.45) is 2.71. The van der Waals surface area contributed by atoms with E-state index in [0.29, 0.717) is 6.04 Å². The van der Waals surface area contributed by atoms with Crippen LogP contribution in [0.1, 0.15) is 18.4 Å². The fourth-order valence-corrected chi connectivity index (χ4v) is 3.70. The Morgan fingerprint density at radius 3 is 2.78 bits per heavy atom. The number of fused-ring (bicyclic) bond motifs is 3. The molecule has 18 heavy (non-hydrogen) atoms. The predicted octanol–water partition coefficient (Wildman–Crippen LogP) is 3.29. The lowest BCUT2D eigenvalue weighted by atomic mass is 9.84. The van der Waals surface area contributed by atoms with Crippen LogP contribution in [0.25, 0.3) is 0 Å². The van der Waals surface area contributed by atoms with E-state index in [9.17, 15) is 0 Å². The van der Waals surface area contributed by atoms with Crippen LogP contribution >= 0.6 is 27.5 Å². The molecule has 3 aliphatic heterocycles. The zero-order chi connectivity index (χ0) is 12.5. The molecule has 4 rings (SSSR count). The minimum atomic E-state index is 0.651. The molecule has 1 aromatic carbocycles. The highest BCUT2D eigenvalue weighted by Gasteiger charge is 2.33. The molecule has 0 amide bonds. The molecule has 3 fully saturated rings. The van der Waals surface area contributed by atoms with E-state index in [-0.39, 0.29) is 0 Å². The Hall–Kier alpha value is -0.0900. The molecule has 1 N–H and O–H groups in total. The van der Waals surface area contributed by atoms with E-state index >= 15 is 0 Å². The summed E-state index contributed by atoms with van der Waals surface area (Å²) in [5.41, 5.74) is 1.25. The molecular formula is C14H18BrClN2. The first-order valence-electron chi connectivity index (χ1n) is 6.62. The van der Waals surface area contributed by atoms with Crippen molar-refractivity contribution >= 4 is 27.5 Å². The van der Waals surface area contributed by atoms with Crippen LogP contribution in [-0.2, 0) is 6.54 Å². The van der Waals surface area contributed by atoms with Crippen LogP contribution in [0.4, 0.5) is 0 Å². The summed E-state index contributed by atoms with van der Waals surface area (Å²) in [6.45, 7) is 4.70. The van der Waals surface area contributed by atoms with E-state index in [0.717, 1.165) is 22.0 Å². The smallest absolute Gasteiger partial charge is 0.0410 e. The molecule has 0 radical (unpaired) electrons. The number of rotatable bonds is 3. The molecule has 98 valence electrons. The number of piperidine rings is 3. The number of nitrogens with one attached hydrogen (secondary N) is 1. The van der Waals surface area contributed by atoms with Gasteiger partial charge in [-0.2, -0.15) is 0 Å². The standard InChI is InChI=1S/C14H18BrClN2/c15-13-2-1-12(16)7-11(13)8-17-14-9-18-5-3-10(14)4-6-18/h1-2,7,10,14,17H,3-6,8-9H2. The second kappa shape index (κ2) is 5.49. The zero-order valence-electron chi connectivity index (χ0n) is 10.3. The van der Waals surface area contributed by atoms with Crippen LogP contribution in [0.5, 0.6) is 0 Å². The van der Waals surface area contributed by atoms with Crippen molar-refractivity contribution in [3.8, 4) is 0 Å². The maximum Gasteiger partial charge on any atom is 0.0410 e. The summed E-state index contributed by atoms with van der Waals surface area (Å²) in [5, 5.41) is 4.52. The summed E-state index contributed by atoms with van der Waals surface area (Å²) in [4.78, 5) is 2.57. The van der Waals surface area contributed by atoms with Gasteiger partial charge in [-0.1, -0.05) is 27.5 Å². The first kappa shape index (κ1) is 12.9. The third kappa shape index (κ3) is 2.74. The van der Waals surface area contributed by atoms with Crippen molar-refractivity contribution in [3.05, 3.63) is 33.3 Å². The Morgan fingerprint density at radius 2 is 2.11 bits per heavy atom. The van der Waals surface area contributed by atoms with E-state index in [1.54, 1.807) is 0 Å².